The number of ether oxygens (including phenoxy) is 1. The average molecular weight is 229 g/mol. The lowest BCUT2D eigenvalue weighted by molar-refractivity contribution is 0.0504. The summed E-state index contributed by atoms with van der Waals surface area (Å²) in [5.41, 5.74) is -0.437. The molecule has 0 spiro atoms. The smallest absolute Gasteiger partial charge is 0.407 e. The third-order valence-corrected chi connectivity index (χ3v) is 2.80. The molecule has 2 atom stereocenters. The molecule has 0 aromatic carbocycles. The summed E-state index contributed by atoms with van der Waals surface area (Å²) in [6, 6.07) is 0.214. The number of carbonyl (C=O) groups is 1. The fraction of sp³-hybridized carbons (Fsp3) is 0.917. The van der Waals surface area contributed by atoms with Crippen molar-refractivity contribution in [1.29, 1.82) is 0 Å². The molecule has 1 rings (SSSR count). The van der Waals surface area contributed by atoms with E-state index in [1.807, 2.05) is 20.8 Å². The van der Waals surface area contributed by atoms with Crippen molar-refractivity contribution < 1.29 is 14.6 Å². The second-order valence-corrected chi connectivity index (χ2v) is 5.53. The van der Waals surface area contributed by atoms with Crippen molar-refractivity contribution in [3.63, 3.8) is 0 Å². The van der Waals surface area contributed by atoms with Gasteiger partial charge in [-0.05, 0) is 52.4 Å². The van der Waals surface area contributed by atoms with Crippen molar-refractivity contribution in [2.24, 2.45) is 5.92 Å². The third-order valence-electron chi connectivity index (χ3n) is 2.80. The van der Waals surface area contributed by atoms with Crippen molar-refractivity contribution >= 4 is 6.09 Å². The maximum atomic E-state index is 11.5. The Balaban J connectivity index is 2.26. The van der Waals surface area contributed by atoms with Gasteiger partial charge in [-0.15, -0.1) is 0 Å². The first-order valence-electron chi connectivity index (χ1n) is 6.01. The zero-order valence-electron chi connectivity index (χ0n) is 10.5. The molecule has 0 saturated heterocycles. The van der Waals surface area contributed by atoms with Gasteiger partial charge >= 0.3 is 6.09 Å². The number of carbonyl (C=O) groups excluding carboxylic acids is 1. The second-order valence-electron chi connectivity index (χ2n) is 5.53. The van der Waals surface area contributed by atoms with E-state index in [9.17, 15) is 4.79 Å². The molecule has 1 aliphatic rings. The average Bonchev–Trinajstić information content (AvgIpc) is 2.49. The number of amides is 1. The largest absolute Gasteiger partial charge is 0.444 e. The standard InChI is InChI=1S/C12H23NO3/c1-12(2,3)16-11(15)13-10-5-4-9(8-10)6-7-14/h9-10,14H,4-8H2,1-3H3,(H,13,15). The van der Waals surface area contributed by atoms with Crippen LogP contribution in [0.5, 0.6) is 0 Å². The predicted octanol–water partition coefficient (Wildman–Crippen LogP) is 2.06. The van der Waals surface area contributed by atoms with E-state index in [2.05, 4.69) is 5.32 Å². The van der Waals surface area contributed by atoms with E-state index in [0.29, 0.717) is 5.92 Å². The highest BCUT2D eigenvalue weighted by atomic mass is 16.6. The molecule has 1 amide bonds. The van der Waals surface area contributed by atoms with Gasteiger partial charge in [-0.1, -0.05) is 0 Å². The minimum Gasteiger partial charge on any atom is -0.444 e. The molecule has 0 aromatic heterocycles. The lowest BCUT2D eigenvalue weighted by Crippen LogP contribution is -2.37. The van der Waals surface area contributed by atoms with Gasteiger partial charge in [-0.2, -0.15) is 0 Å². The molecule has 0 aliphatic heterocycles. The molecule has 0 bridgehead atoms. The van der Waals surface area contributed by atoms with Gasteiger partial charge in [0.05, 0.1) is 0 Å². The van der Waals surface area contributed by atoms with Gasteiger partial charge in [0.1, 0.15) is 5.60 Å². The van der Waals surface area contributed by atoms with Crippen LogP contribution < -0.4 is 5.32 Å². The summed E-state index contributed by atoms with van der Waals surface area (Å²) in [5, 5.41) is 11.7. The Kier molecular flexibility index (Phi) is 4.59. The number of nitrogens with one attached hydrogen (secondary N) is 1. The Bertz CT molecular complexity index is 235. The van der Waals surface area contributed by atoms with Crippen LogP contribution in [0.2, 0.25) is 0 Å². The van der Waals surface area contributed by atoms with Gasteiger partial charge in [-0.25, -0.2) is 4.79 Å². The van der Waals surface area contributed by atoms with Gasteiger partial charge in [-0.3, -0.25) is 0 Å². The summed E-state index contributed by atoms with van der Waals surface area (Å²) in [6.07, 6.45) is 3.54. The highest BCUT2D eigenvalue weighted by molar-refractivity contribution is 5.68. The molecule has 94 valence electrons. The molecule has 16 heavy (non-hydrogen) atoms. The first-order chi connectivity index (χ1) is 7.40. The van der Waals surface area contributed by atoms with E-state index in [0.717, 1.165) is 25.7 Å². The minimum absolute atomic E-state index is 0.214. The summed E-state index contributed by atoms with van der Waals surface area (Å²) in [5.74, 6) is 0.546. The first kappa shape index (κ1) is 13.3. The van der Waals surface area contributed by atoms with E-state index < -0.39 is 5.60 Å². The van der Waals surface area contributed by atoms with Gasteiger partial charge in [0.2, 0.25) is 0 Å². The molecule has 2 unspecified atom stereocenters. The normalized spacial score (nSPS) is 25.5. The molecule has 4 nitrogen and oxygen atoms in total. The SMILES string of the molecule is CC(C)(C)OC(=O)NC1CCC(CCO)C1. The fourth-order valence-electron chi connectivity index (χ4n) is 2.13. The van der Waals surface area contributed by atoms with E-state index in [-0.39, 0.29) is 18.7 Å². The topological polar surface area (TPSA) is 58.6 Å². The zero-order valence-corrected chi connectivity index (χ0v) is 10.5. The summed E-state index contributed by atoms with van der Waals surface area (Å²) in [7, 11) is 0. The third kappa shape index (κ3) is 4.84. The van der Waals surface area contributed by atoms with Crippen LogP contribution in [0.3, 0.4) is 0 Å². The molecule has 1 saturated carbocycles. The van der Waals surface area contributed by atoms with Gasteiger partial charge in [0, 0.05) is 12.6 Å². The van der Waals surface area contributed by atoms with Crippen LogP contribution in [-0.2, 0) is 4.74 Å². The van der Waals surface area contributed by atoms with Crippen LogP contribution in [-0.4, -0.2) is 29.4 Å². The fourth-order valence-corrected chi connectivity index (χ4v) is 2.13. The van der Waals surface area contributed by atoms with E-state index in [1.54, 1.807) is 0 Å². The number of aliphatic hydroxyl groups is 1. The van der Waals surface area contributed by atoms with Crippen LogP contribution in [0, 0.1) is 5.92 Å². The summed E-state index contributed by atoms with van der Waals surface area (Å²) >= 11 is 0. The number of aliphatic hydroxyl groups excluding tert-OH is 1. The van der Waals surface area contributed by atoms with E-state index in [1.165, 1.54) is 0 Å². The molecule has 0 aromatic rings. The monoisotopic (exact) mass is 229 g/mol. The summed E-state index contributed by atoms with van der Waals surface area (Å²) < 4.78 is 5.20. The Morgan fingerprint density at radius 3 is 2.69 bits per heavy atom. The highest BCUT2D eigenvalue weighted by Gasteiger charge is 2.27. The van der Waals surface area contributed by atoms with E-state index >= 15 is 0 Å². The van der Waals surface area contributed by atoms with Crippen LogP contribution in [0.1, 0.15) is 46.5 Å². The number of alkyl carbamates (subject to hydrolysis) is 1. The maximum Gasteiger partial charge on any atom is 0.407 e. The summed E-state index contributed by atoms with van der Waals surface area (Å²) in [6.45, 7) is 5.81. The molecule has 0 radical (unpaired) electrons. The molecule has 1 fully saturated rings. The van der Waals surface area contributed by atoms with Crippen LogP contribution in [0.4, 0.5) is 4.79 Å². The van der Waals surface area contributed by atoms with Crippen LogP contribution >= 0.6 is 0 Å². The second kappa shape index (κ2) is 5.53. The maximum absolute atomic E-state index is 11.5. The Hall–Kier alpha value is -0.770. The van der Waals surface area contributed by atoms with Gasteiger partial charge in [0.15, 0.2) is 0 Å². The zero-order chi connectivity index (χ0) is 12.2. The predicted molar refractivity (Wildman–Crippen MR) is 62.2 cm³/mol. The Morgan fingerprint density at radius 1 is 1.44 bits per heavy atom. The minimum atomic E-state index is -0.437. The lowest BCUT2D eigenvalue weighted by atomic mass is 10.0. The highest BCUT2D eigenvalue weighted by Crippen LogP contribution is 2.28. The Morgan fingerprint density at radius 2 is 2.12 bits per heavy atom. The quantitative estimate of drug-likeness (QED) is 0.778. The summed E-state index contributed by atoms with van der Waals surface area (Å²) in [4.78, 5) is 11.5. The van der Waals surface area contributed by atoms with Crippen molar-refractivity contribution in [2.45, 2.75) is 58.1 Å². The van der Waals surface area contributed by atoms with E-state index in [4.69, 9.17) is 9.84 Å². The van der Waals surface area contributed by atoms with Gasteiger partial charge in [0.25, 0.3) is 0 Å². The molecule has 1 aliphatic carbocycles. The van der Waals surface area contributed by atoms with Crippen molar-refractivity contribution in [3.05, 3.63) is 0 Å². The van der Waals surface area contributed by atoms with Crippen LogP contribution in [0.25, 0.3) is 0 Å². The van der Waals surface area contributed by atoms with Crippen molar-refractivity contribution in [3.8, 4) is 0 Å². The van der Waals surface area contributed by atoms with Gasteiger partial charge < -0.3 is 15.2 Å². The van der Waals surface area contributed by atoms with Crippen molar-refractivity contribution in [2.75, 3.05) is 6.61 Å². The number of hydrogen-bond acceptors (Lipinski definition) is 3. The first-order valence-corrected chi connectivity index (χ1v) is 6.01. The number of hydrogen-bond donors (Lipinski definition) is 2. The molecular formula is C12H23NO3. The molecule has 0 heterocycles. The lowest BCUT2D eigenvalue weighted by Gasteiger charge is -2.21. The molecular weight excluding hydrogens is 206 g/mol. The van der Waals surface area contributed by atoms with Crippen molar-refractivity contribution in [1.82, 2.24) is 5.32 Å². The van der Waals surface area contributed by atoms with Crippen LogP contribution in [0.15, 0.2) is 0 Å². The Labute approximate surface area is 97.4 Å². The molecule has 2 N–H and O–H groups in total. The molecule has 4 heteroatoms. The number of rotatable bonds is 3.